The van der Waals surface area contributed by atoms with Gasteiger partial charge >= 0.3 is 0 Å². The number of carbonyl (C=O) groups excluding carboxylic acids is 2. The van der Waals surface area contributed by atoms with Crippen LogP contribution < -0.4 is 4.90 Å². The number of ketones is 1. The Morgan fingerprint density at radius 3 is 2.42 bits per heavy atom. The van der Waals surface area contributed by atoms with Crippen molar-refractivity contribution in [1.29, 1.82) is 0 Å². The molecule has 4 aromatic carbocycles. The van der Waals surface area contributed by atoms with Crippen LogP contribution in [0, 0.1) is 5.41 Å². The molecule has 0 unspecified atom stereocenters. The summed E-state index contributed by atoms with van der Waals surface area (Å²) in [5, 5.41) is 2.32. The van der Waals surface area contributed by atoms with E-state index in [1.165, 1.54) is 0 Å². The molecule has 4 heteroatoms. The number of hydrogen-bond donors (Lipinski definition) is 0. The van der Waals surface area contributed by atoms with Gasteiger partial charge in [-0.1, -0.05) is 84.9 Å². The highest BCUT2D eigenvalue weighted by Gasteiger charge is 2.74. The summed E-state index contributed by atoms with van der Waals surface area (Å²) in [6.07, 6.45) is 1.41. The fourth-order valence-corrected chi connectivity index (χ4v) is 7.74. The minimum atomic E-state index is -1.05. The first-order chi connectivity index (χ1) is 17.5. The fraction of sp³-hybridized carbons (Fsp3) is 0.250. The van der Waals surface area contributed by atoms with Crippen molar-refractivity contribution in [3.63, 3.8) is 0 Å². The lowest BCUT2D eigenvalue weighted by Crippen LogP contribution is -2.61. The van der Waals surface area contributed by atoms with E-state index < -0.39 is 11.0 Å². The molecule has 1 amide bonds. The average molecular weight is 473 g/mol. The molecule has 0 N–H and O–H groups in total. The van der Waals surface area contributed by atoms with Crippen LogP contribution >= 0.6 is 0 Å². The molecule has 4 aromatic rings. The van der Waals surface area contributed by atoms with E-state index in [0.29, 0.717) is 13.0 Å². The normalized spacial score (nSPS) is 27.3. The van der Waals surface area contributed by atoms with Crippen molar-refractivity contribution in [2.45, 2.75) is 24.3 Å². The van der Waals surface area contributed by atoms with Crippen LogP contribution in [0.25, 0.3) is 10.8 Å². The average Bonchev–Trinajstić information content (AvgIpc) is 3.31. The molecule has 0 radical (unpaired) electrons. The first-order valence-electron chi connectivity index (χ1n) is 12.7. The molecule has 7 rings (SSSR count). The van der Waals surface area contributed by atoms with Crippen molar-refractivity contribution in [2.24, 2.45) is 5.41 Å². The number of carbonyl (C=O) groups is 2. The smallest absolute Gasteiger partial charge is 0.253 e. The summed E-state index contributed by atoms with van der Waals surface area (Å²) in [5.74, 6) is -0.0234. The Kier molecular flexibility index (Phi) is 4.41. The van der Waals surface area contributed by atoms with Crippen LogP contribution in [0.2, 0.25) is 0 Å². The Balaban J connectivity index is 1.58. The van der Waals surface area contributed by atoms with E-state index in [0.717, 1.165) is 45.1 Å². The number of rotatable bonds is 1. The van der Waals surface area contributed by atoms with E-state index in [1.807, 2.05) is 50.5 Å². The minimum Gasteiger partial charge on any atom is -0.313 e. The minimum absolute atomic E-state index is 0.00154. The molecule has 3 atom stereocenters. The van der Waals surface area contributed by atoms with Gasteiger partial charge in [0.25, 0.3) is 5.91 Å². The van der Waals surface area contributed by atoms with E-state index in [4.69, 9.17) is 0 Å². The Labute approximate surface area is 211 Å². The van der Waals surface area contributed by atoms with Crippen molar-refractivity contribution in [3.8, 4) is 0 Å². The largest absolute Gasteiger partial charge is 0.313 e. The predicted molar refractivity (Wildman–Crippen MR) is 142 cm³/mol. The molecule has 36 heavy (non-hydrogen) atoms. The zero-order chi connectivity index (χ0) is 24.7. The van der Waals surface area contributed by atoms with Gasteiger partial charge in [-0.15, -0.1) is 0 Å². The van der Waals surface area contributed by atoms with Gasteiger partial charge in [0.1, 0.15) is 5.54 Å². The Morgan fingerprint density at radius 2 is 1.53 bits per heavy atom. The lowest BCUT2D eigenvalue weighted by Gasteiger charge is -2.48. The van der Waals surface area contributed by atoms with Crippen LogP contribution in [0.5, 0.6) is 0 Å². The first-order valence-corrected chi connectivity index (χ1v) is 12.7. The zero-order valence-corrected chi connectivity index (χ0v) is 20.6. The number of aryl methyl sites for hydroxylation is 1. The third kappa shape index (κ3) is 2.38. The SMILES string of the molecule is CN1C(=O)[C@@]2(c3ccccc31)N(C)C[C@@H](c1cccc3ccccc13)[C@@]21CCc2ccccc2C1=O. The number of para-hydroxylation sites is 1. The standard InChI is InChI=1S/C32H28N2O2/c1-33-20-27(25-15-9-12-21-10-3-5-13-23(21)25)31(19-18-22-11-4-6-14-24(22)29(31)35)32(33)26-16-7-8-17-28(26)34(2)30(32)36/h3-17,27H,18-20H2,1-2H3/t27-,31+,32+/m0/s1. The molecule has 178 valence electrons. The third-order valence-electron chi connectivity index (χ3n) is 9.19. The van der Waals surface area contributed by atoms with Gasteiger partial charge in [0, 0.05) is 36.3 Å². The number of hydrogen-bond acceptors (Lipinski definition) is 3. The number of nitrogens with zero attached hydrogens (tertiary/aromatic N) is 2. The monoisotopic (exact) mass is 472 g/mol. The Bertz CT molecular complexity index is 1570. The second-order valence-electron chi connectivity index (χ2n) is 10.6. The van der Waals surface area contributed by atoms with Gasteiger partial charge in [0.2, 0.25) is 0 Å². The summed E-state index contributed by atoms with van der Waals surface area (Å²) in [5.41, 5.74) is 2.90. The number of anilines is 1. The number of Topliss-reactive ketones (excluding diaryl/α,β-unsaturated/α-hetero) is 1. The molecule has 0 aromatic heterocycles. The molecule has 0 saturated carbocycles. The predicted octanol–water partition coefficient (Wildman–Crippen LogP) is 5.56. The topological polar surface area (TPSA) is 40.6 Å². The van der Waals surface area contributed by atoms with Gasteiger partial charge in [0.15, 0.2) is 5.78 Å². The molecule has 2 heterocycles. The Hall–Kier alpha value is -3.76. The molecule has 4 nitrogen and oxygen atoms in total. The van der Waals surface area contributed by atoms with Gasteiger partial charge in [-0.2, -0.15) is 0 Å². The van der Waals surface area contributed by atoms with E-state index in [-0.39, 0.29) is 17.6 Å². The fourth-order valence-electron chi connectivity index (χ4n) is 7.74. The number of fused-ring (bicyclic) bond motifs is 5. The molecule has 1 fully saturated rings. The first kappa shape index (κ1) is 21.5. The van der Waals surface area contributed by atoms with Gasteiger partial charge in [-0.05, 0) is 47.9 Å². The van der Waals surface area contributed by atoms with Gasteiger partial charge in [-0.25, -0.2) is 0 Å². The second kappa shape index (κ2) is 7.37. The highest BCUT2D eigenvalue weighted by Crippen LogP contribution is 2.67. The molecular weight excluding hydrogens is 444 g/mol. The zero-order valence-electron chi connectivity index (χ0n) is 20.6. The molecule has 0 bridgehead atoms. The van der Waals surface area contributed by atoms with E-state index >= 15 is 0 Å². The third-order valence-corrected chi connectivity index (χ3v) is 9.19. The summed E-state index contributed by atoms with van der Waals surface area (Å²) in [4.78, 5) is 33.4. The summed E-state index contributed by atoms with van der Waals surface area (Å²) < 4.78 is 0. The highest BCUT2D eigenvalue weighted by molar-refractivity contribution is 6.16. The van der Waals surface area contributed by atoms with Crippen LogP contribution in [-0.2, 0) is 16.8 Å². The van der Waals surface area contributed by atoms with Crippen molar-refractivity contribution in [3.05, 3.63) is 113 Å². The van der Waals surface area contributed by atoms with E-state index in [9.17, 15) is 9.59 Å². The summed E-state index contributed by atoms with van der Waals surface area (Å²) in [7, 11) is 3.89. The van der Waals surface area contributed by atoms with Crippen LogP contribution in [0.3, 0.4) is 0 Å². The van der Waals surface area contributed by atoms with Crippen molar-refractivity contribution >= 4 is 28.2 Å². The Morgan fingerprint density at radius 1 is 0.806 bits per heavy atom. The highest BCUT2D eigenvalue weighted by atomic mass is 16.2. The maximum atomic E-state index is 14.9. The number of amides is 1. The maximum absolute atomic E-state index is 14.9. The summed E-state index contributed by atoms with van der Waals surface area (Å²) in [6, 6.07) is 30.8. The molecule has 1 saturated heterocycles. The van der Waals surface area contributed by atoms with Crippen LogP contribution in [0.4, 0.5) is 5.69 Å². The lowest BCUT2D eigenvalue weighted by atomic mass is 9.53. The quantitative estimate of drug-likeness (QED) is 0.364. The molecule has 2 spiro atoms. The van der Waals surface area contributed by atoms with Crippen molar-refractivity contribution in [2.75, 3.05) is 25.5 Å². The summed E-state index contributed by atoms with van der Waals surface area (Å²) >= 11 is 0. The maximum Gasteiger partial charge on any atom is 0.253 e. The van der Waals surface area contributed by atoms with Crippen LogP contribution in [-0.4, -0.2) is 37.2 Å². The van der Waals surface area contributed by atoms with Crippen LogP contribution in [0.15, 0.2) is 91.0 Å². The lowest BCUT2D eigenvalue weighted by molar-refractivity contribution is -0.132. The van der Waals surface area contributed by atoms with E-state index in [1.54, 1.807) is 4.90 Å². The second-order valence-corrected chi connectivity index (χ2v) is 10.6. The molecular formula is C32H28N2O2. The van der Waals surface area contributed by atoms with E-state index in [2.05, 4.69) is 59.5 Å². The van der Waals surface area contributed by atoms with Crippen LogP contribution in [0.1, 0.15) is 39.4 Å². The number of benzene rings is 4. The van der Waals surface area contributed by atoms with Gasteiger partial charge < -0.3 is 4.90 Å². The number of likely N-dealkylation sites (tertiary alicyclic amines) is 1. The van der Waals surface area contributed by atoms with Gasteiger partial charge in [0.05, 0.1) is 5.41 Å². The van der Waals surface area contributed by atoms with Gasteiger partial charge in [-0.3, -0.25) is 14.5 Å². The van der Waals surface area contributed by atoms with Crippen molar-refractivity contribution < 1.29 is 9.59 Å². The molecule has 2 aliphatic heterocycles. The van der Waals surface area contributed by atoms with Crippen molar-refractivity contribution in [1.82, 2.24) is 4.90 Å². The molecule has 3 aliphatic rings. The number of likely N-dealkylation sites (N-methyl/N-ethyl adjacent to an activating group) is 2. The molecule has 1 aliphatic carbocycles. The summed E-state index contributed by atoms with van der Waals surface area (Å²) in [6.45, 7) is 0.635.